The van der Waals surface area contributed by atoms with Gasteiger partial charge >= 0.3 is 5.97 Å². The molecule has 21 heavy (non-hydrogen) atoms. The van der Waals surface area contributed by atoms with Gasteiger partial charge in [-0.15, -0.1) is 11.3 Å². The van der Waals surface area contributed by atoms with Crippen LogP contribution in [-0.4, -0.2) is 30.1 Å². The molecule has 0 aliphatic heterocycles. The highest BCUT2D eigenvalue weighted by Gasteiger charge is 2.25. The van der Waals surface area contributed by atoms with E-state index in [2.05, 4.69) is 10.6 Å². The smallest absolute Gasteiger partial charge is 0.306 e. The summed E-state index contributed by atoms with van der Waals surface area (Å²) in [5.41, 5.74) is 0. The number of carbonyl (C=O) groups is 2. The Labute approximate surface area is 128 Å². The monoisotopic (exact) mass is 310 g/mol. The molecule has 1 aliphatic carbocycles. The lowest BCUT2D eigenvalue weighted by molar-refractivity contribution is -0.143. The maximum Gasteiger partial charge on any atom is 0.306 e. The predicted molar refractivity (Wildman–Crippen MR) is 82.1 cm³/mol. The van der Waals surface area contributed by atoms with Crippen LogP contribution in [0.5, 0.6) is 0 Å². The maximum atomic E-state index is 11.7. The lowest BCUT2D eigenvalue weighted by Gasteiger charge is -2.26. The summed E-state index contributed by atoms with van der Waals surface area (Å²) in [5.74, 6) is -0.349. The molecule has 5 nitrogen and oxygen atoms in total. The Balaban J connectivity index is 1.55. The van der Waals surface area contributed by atoms with Crippen molar-refractivity contribution in [1.29, 1.82) is 0 Å². The van der Waals surface area contributed by atoms with Gasteiger partial charge in [-0.25, -0.2) is 0 Å². The van der Waals surface area contributed by atoms with Crippen molar-refractivity contribution >= 4 is 23.2 Å². The second kappa shape index (κ2) is 8.14. The molecule has 6 heteroatoms. The minimum absolute atomic E-state index is 0.00243. The fourth-order valence-electron chi connectivity index (χ4n) is 2.66. The van der Waals surface area contributed by atoms with Crippen LogP contribution in [-0.2, 0) is 16.1 Å². The number of aliphatic carboxylic acids is 1. The van der Waals surface area contributed by atoms with Gasteiger partial charge in [0.05, 0.1) is 19.0 Å². The zero-order valence-electron chi connectivity index (χ0n) is 12.0. The molecular weight excluding hydrogens is 288 g/mol. The van der Waals surface area contributed by atoms with E-state index >= 15 is 0 Å². The van der Waals surface area contributed by atoms with E-state index in [1.807, 2.05) is 17.5 Å². The molecule has 1 amide bonds. The predicted octanol–water partition coefficient (Wildman–Crippen LogP) is 1.84. The van der Waals surface area contributed by atoms with E-state index in [9.17, 15) is 9.59 Å². The Morgan fingerprint density at radius 1 is 1.29 bits per heavy atom. The van der Waals surface area contributed by atoms with Crippen molar-refractivity contribution in [3.63, 3.8) is 0 Å². The van der Waals surface area contributed by atoms with Crippen molar-refractivity contribution in [3.8, 4) is 0 Å². The lowest BCUT2D eigenvalue weighted by atomic mass is 9.82. The summed E-state index contributed by atoms with van der Waals surface area (Å²) in [7, 11) is 0. The van der Waals surface area contributed by atoms with Gasteiger partial charge in [0.25, 0.3) is 0 Å². The summed E-state index contributed by atoms with van der Waals surface area (Å²) >= 11 is 1.63. The third-order valence-electron chi connectivity index (χ3n) is 3.95. The molecule has 0 bridgehead atoms. The van der Waals surface area contributed by atoms with Crippen LogP contribution in [0.3, 0.4) is 0 Å². The average Bonchev–Trinajstić information content (AvgIpc) is 2.99. The van der Waals surface area contributed by atoms with Crippen LogP contribution in [0.1, 0.15) is 30.6 Å². The van der Waals surface area contributed by atoms with Crippen LogP contribution in [0.4, 0.5) is 0 Å². The molecule has 2 rings (SSSR count). The second-order valence-electron chi connectivity index (χ2n) is 5.54. The van der Waals surface area contributed by atoms with E-state index in [0.29, 0.717) is 19.0 Å². The first-order valence-electron chi connectivity index (χ1n) is 7.37. The number of carboxylic acid groups (broad SMARTS) is 1. The van der Waals surface area contributed by atoms with E-state index in [-0.39, 0.29) is 11.8 Å². The average molecular weight is 310 g/mol. The van der Waals surface area contributed by atoms with E-state index in [4.69, 9.17) is 5.11 Å². The largest absolute Gasteiger partial charge is 0.481 e. The SMILES string of the molecule is O=C(CNCC1CCC(C(=O)O)CC1)NCc1cccs1. The molecule has 3 N–H and O–H groups in total. The normalized spacial score (nSPS) is 21.9. The molecule has 1 saturated carbocycles. The number of carbonyl (C=O) groups excluding carboxylic acids is 1. The molecule has 0 aromatic carbocycles. The fraction of sp³-hybridized carbons (Fsp3) is 0.600. The number of carboxylic acids is 1. The van der Waals surface area contributed by atoms with Gasteiger partial charge in [0.15, 0.2) is 0 Å². The molecular formula is C15H22N2O3S. The molecule has 1 aromatic heterocycles. The van der Waals surface area contributed by atoms with Crippen molar-refractivity contribution in [2.45, 2.75) is 32.2 Å². The molecule has 0 spiro atoms. The van der Waals surface area contributed by atoms with Crippen LogP contribution >= 0.6 is 11.3 Å². The van der Waals surface area contributed by atoms with Crippen molar-refractivity contribution in [2.75, 3.05) is 13.1 Å². The number of hydrogen-bond donors (Lipinski definition) is 3. The zero-order valence-corrected chi connectivity index (χ0v) is 12.8. The number of amides is 1. The summed E-state index contributed by atoms with van der Waals surface area (Å²) in [6, 6.07) is 3.97. The molecule has 0 unspecified atom stereocenters. The number of hydrogen-bond acceptors (Lipinski definition) is 4. The highest BCUT2D eigenvalue weighted by molar-refractivity contribution is 7.09. The van der Waals surface area contributed by atoms with Crippen molar-refractivity contribution in [3.05, 3.63) is 22.4 Å². The van der Waals surface area contributed by atoms with Gasteiger partial charge in [-0.05, 0) is 49.6 Å². The van der Waals surface area contributed by atoms with Gasteiger partial charge in [0, 0.05) is 4.88 Å². The quantitative estimate of drug-likeness (QED) is 0.718. The molecule has 116 valence electrons. The molecule has 1 heterocycles. The first-order chi connectivity index (χ1) is 10.1. The van der Waals surface area contributed by atoms with Gasteiger partial charge in [0.2, 0.25) is 5.91 Å². The standard InChI is InChI=1S/C15H22N2O3S/c18-14(17-9-13-2-1-7-21-13)10-16-8-11-3-5-12(6-4-11)15(19)20/h1-2,7,11-12,16H,3-6,8-10H2,(H,17,18)(H,19,20). The Morgan fingerprint density at radius 2 is 2.05 bits per heavy atom. The summed E-state index contributed by atoms with van der Waals surface area (Å²) in [6.07, 6.45) is 3.38. The maximum absolute atomic E-state index is 11.7. The Kier molecular flexibility index (Phi) is 6.20. The van der Waals surface area contributed by atoms with Crippen LogP contribution < -0.4 is 10.6 Å². The summed E-state index contributed by atoms with van der Waals surface area (Å²) < 4.78 is 0. The third kappa shape index (κ3) is 5.47. The summed E-state index contributed by atoms with van der Waals surface area (Å²) in [5, 5.41) is 17.0. The Bertz CT molecular complexity index is 453. The third-order valence-corrected chi connectivity index (χ3v) is 4.83. The van der Waals surface area contributed by atoms with E-state index in [1.54, 1.807) is 11.3 Å². The molecule has 0 atom stereocenters. The molecule has 0 saturated heterocycles. The molecule has 1 aromatic rings. The highest BCUT2D eigenvalue weighted by atomic mass is 32.1. The van der Waals surface area contributed by atoms with Crippen LogP contribution in [0.15, 0.2) is 17.5 Å². The Hall–Kier alpha value is -1.40. The fourth-order valence-corrected chi connectivity index (χ4v) is 3.31. The van der Waals surface area contributed by atoms with Crippen molar-refractivity contribution in [1.82, 2.24) is 10.6 Å². The van der Waals surface area contributed by atoms with E-state index < -0.39 is 5.97 Å². The zero-order chi connectivity index (χ0) is 15.1. The number of rotatable bonds is 7. The van der Waals surface area contributed by atoms with Crippen molar-refractivity contribution < 1.29 is 14.7 Å². The minimum Gasteiger partial charge on any atom is -0.481 e. The Morgan fingerprint density at radius 3 is 2.67 bits per heavy atom. The van der Waals surface area contributed by atoms with Gasteiger partial charge in [-0.2, -0.15) is 0 Å². The van der Waals surface area contributed by atoms with E-state index in [0.717, 1.165) is 37.1 Å². The van der Waals surface area contributed by atoms with Crippen LogP contribution in [0.2, 0.25) is 0 Å². The van der Waals surface area contributed by atoms with Gasteiger partial charge in [-0.1, -0.05) is 6.07 Å². The molecule has 0 radical (unpaired) electrons. The van der Waals surface area contributed by atoms with Crippen LogP contribution in [0.25, 0.3) is 0 Å². The van der Waals surface area contributed by atoms with Gasteiger partial charge in [-0.3, -0.25) is 9.59 Å². The first-order valence-corrected chi connectivity index (χ1v) is 8.25. The van der Waals surface area contributed by atoms with Crippen molar-refractivity contribution in [2.24, 2.45) is 11.8 Å². The highest BCUT2D eigenvalue weighted by Crippen LogP contribution is 2.28. The van der Waals surface area contributed by atoms with E-state index in [1.165, 1.54) is 0 Å². The molecule has 1 fully saturated rings. The summed E-state index contributed by atoms with van der Waals surface area (Å²) in [4.78, 5) is 23.7. The number of thiophene rings is 1. The topological polar surface area (TPSA) is 78.4 Å². The minimum atomic E-state index is -0.672. The lowest BCUT2D eigenvalue weighted by Crippen LogP contribution is -2.36. The first kappa shape index (κ1) is 16.0. The second-order valence-corrected chi connectivity index (χ2v) is 6.58. The van der Waals surface area contributed by atoms with Crippen LogP contribution in [0, 0.1) is 11.8 Å². The molecule has 1 aliphatic rings. The number of nitrogens with one attached hydrogen (secondary N) is 2. The van der Waals surface area contributed by atoms with Gasteiger partial charge in [0.1, 0.15) is 0 Å². The van der Waals surface area contributed by atoms with Gasteiger partial charge < -0.3 is 15.7 Å². The summed E-state index contributed by atoms with van der Waals surface area (Å²) in [6.45, 7) is 1.70.